The smallest absolute Gasteiger partial charge is 0.253 e. The topological polar surface area (TPSA) is 108 Å². The van der Waals surface area contributed by atoms with Gasteiger partial charge in [0.1, 0.15) is 11.4 Å². The Bertz CT molecular complexity index is 1180. The molecule has 1 aromatic carbocycles. The molecule has 1 spiro atoms. The van der Waals surface area contributed by atoms with Crippen molar-refractivity contribution in [2.24, 2.45) is 16.8 Å². The highest BCUT2D eigenvalue weighted by atomic mass is 32.2. The van der Waals surface area contributed by atoms with Gasteiger partial charge in [-0.05, 0) is 87.5 Å². The van der Waals surface area contributed by atoms with Crippen LogP contribution in [0.3, 0.4) is 0 Å². The molecule has 1 saturated heterocycles. The molecule has 10 heteroatoms. The lowest BCUT2D eigenvalue weighted by atomic mass is 9.80. The maximum absolute atomic E-state index is 13.1. The molecule has 37 heavy (non-hydrogen) atoms. The Morgan fingerprint density at radius 3 is 2.57 bits per heavy atom. The molecule has 1 aromatic rings. The van der Waals surface area contributed by atoms with Crippen LogP contribution in [0.2, 0.25) is 0 Å². The average Bonchev–Trinajstić information content (AvgIpc) is 3.17. The van der Waals surface area contributed by atoms with E-state index in [1.54, 1.807) is 12.1 Å². The van der Waals surface area contributed by atoms with Gasteiger partial charge in [-0.15, -0.1) is 0 Å². The predicted molar refractivity (Wildman–Crippen MR) is 142 cm³/mol. The second-order valence-corrected chi connectivity index (χ2v) is 12.7. The fourth-order valence-electron chi connectivity index (χ4n) is 5.75. The molecule has 0 aromatic heterocycles. The van der Waals surface area contributed by atoms with E-state index < -0.39 is 15.6 Å². The molecule has 1 saturated carbocycles. The monoisotopic (exact) mass is 532 g/mol. The van der Waals surface area contributed by atoms with Gasteiger partial charge < -0.3 is 10.6 Å². The fraction of sp³-hybridized carbons (Fsp3) is 0.593. The lowest BCUT2D eigenvalue weighted by Crippen LogP contribution is -2.51. The molecular weight excluding hydrogens is 495 g/mol. The number of sulfonamides is 1. The highest BCUT2D eigenvalue weighted by Gasteiger charge is 2.48. The number of amides is 2. The summed E-state index contributed by atoms with van der Waals surface area (Å²) in [5.41, 5.74) is 1.67. The second kappa shape index (κ2) is 11.4. The van der Waals surface area contributed by atoms with Gasteiger partial charge in [0.15, 0.2) is 0 Å². The third kappa shape index (κ3) is 6.46. The molecule has 3 aliphatic rings. The van der Waals surface area contributed by atoms with Gasteiger partial charge in [-0.3, -0.25) is 14.6 Å². The molecule has 202 valence electrons. The zero-order valence-electron chi connectivity index (χ0n) is 21.6. The first kappa shape index (κ1) is 27.4. The van der Waals surface area contributed by atoms with Crippen LogP contribution in [0.15, 0.2) is 35.6 Å². The normalized spacial score (nSPS) is 24.3. The molecule has 4 rings (SSSR count). The Hall–Kier alpha value is -2.59. The van der Waals surface area contributed by atoms with Gasteiger partial charge in [0.25, 0.3) is 5.91 Å². The zero-order chi connectivity index (χ0) is 26.6. The summed E-state index contributed by atoms with van der Waals surface area (Å²) in [6.07, 6.45) is 7.87. The van der Waals surface area contributed by atoms with Gasteiger partial charge >= 0.3 is 0 Å². The van der Waals surface area contributed by atoms with Crippen molar-refractivity contribution in [2.75, 3.05) is 24.2 Å². The summed E-state index contributed by atoms with van der Waals surface area (Å²) in [4.78, 5) is 29.0. The number of amidine groups is 1. The average molecular weight is 533 g/mol. The summed E-state index contributed by atoms with van der Waals surface area (Å²) < 4.78 is 40.0. The van der Waals surface area contributed by atoms with E-state index in [1.165, 1.54) is 11.2 Å². The number of hydrogen-bond donors (Lipinski definition) is 2. The molecule has 2 fully saturated rings. The Morgan fingerprint density at radius 2 is 1.95 bits per heavy atom. The lowest BCUT2D eigenvalue weighted by Gasteiger charge is -2.34. The molecule has 1 aliphatic carbocycles. The largest absolute Gasteiger partial charge is 0.326 e. The third-order valence-corrected chi connectivity index (χ3v) is 9.90. The summed E-state index contributed by atoms with van der Waals surface area (Å²) >= 11 is 0. The quantitative estimate of drug-likeness (QED) is 0.530. The number of anilines is 1. The minimum atomic E-state index is -3.49. The number of piperidine rings is 1. The number of carbonyl (C=O) groups excluding carboxylic acids is 2. The number of carbonyl (C=O) groups is 2. The first-order chi connectivity index (χ1) is 17.6. The first-order valence-electron chi connectivity index (χ1n) is 13.1. The Morgan fingerprint density at radius 1 is 1.24 bits per heavy atom. The van der Waals surface area contributed by atoms with Crippen LogP contribution in [-0.2, 0) is 26.0 Å². The SMILES string of the molecule is CC(=O)Nc1ccc(CCS(=O)(=O)N2CCC3(CC2)N=C([C@H]2CC[C@@H](C/C=C/F)CC2)NC3=O)c(C)c1. The molecular formula is C27H37FN4O4S. The first-order valence-corrected chi connectivity index (χ1v) is 14.7. The van der Waals surface area contributed by atoms with Crippen molar-refractivity contribution >= 4 is 33.4 Å². The summed E-state index contributed by atoms with van der Waals surface area (Å²) in [5, 5.41) is 5.74. The van der Waals surface area contributed by atoms with Gasteiger partial charge in [0.05, 0.1) is 12.1 Å². The van der Waals surface area contributed by atoms with E-state index >= 15 is 0 Å². The number of rotatable bonds is 8. The summed E-state index contributed by atoms with van der Waals surface area (Å²) in [6.45, 7) is 3.89. The van der Waals surface area contributed by atoms with Crippen molar-refractivity contribution in [3.8, 4) is 0 Å². The molecule has 0 unspecified atom stereocenters. The number of aryl methyl sites for hydroxylation is 2. The van der Waals surface area contributed by atoms with Gasteiger partial charge in [0.2, 0.25) is 15.9 Å². The maximum Gasteiger partial charge on any atom is 0.253 e. The van der Waals surface area contributed by atoms with Gasteiger partial charge in [-0.1, -0.05) is 12.1 Å². The molecule has 0 bridgehead atoms. The highest BCUT2D eigenvalue weighted by Crippen LogP contribution is 2.37. The van der Waals surface area contributed by atoms with Crippen molar-refractivity contribution in [1.82, 2.24) is 9.62 Å². The molecule has 2 N–H and O–H groups in total. The van der Waals surface area contributed by atoms with Crippen molar-refractivity contribution in [3.05, 3.63) is 41.7 Å². The van der Waals surface area contributed by atoms with Crippen molar-refractivity contribution in [2.45, 2.75) is 70.8 Å². The van der Waals surface area contributed by atoms with E-state index in [-0.39, 0.29) is 36.6 Å². The van der Waals surface area contributed by atoms with Crippen molar-refractivity contribution in [3.63, 3.8) is 0 Å². The highest BCUT2D eigenvalue weighted by molar-refractivity contribution is 7.89. The van der Waals surface area contributed by atoms with Crippen molar-refractivity contribution in [1.29, 1.82) is 0 Å². The van der Waals surface area contributed by atoms with Crippen LogP contribution < -0.4 is 10.6 Å². The van der Waals surface area contributed by atoms with E-state index in [0.717, 1.165) is 49.1 Å². The number of hydrogen-bond acceptors (Lipinski definition) is 5. The van der Waals surface area contributed by atoms with E-state index in [9.17, 15) is 22.4 Å². The van der Waals surface area contributed by atoms with Crippen LogP contribution in [0.25, 0.3) is 0 Å². The minimum absolute atomic E-state index is 0.0120. The van der Waals surface area contributed by atoms with E-state index in [1.807, 2.05) is 19.1 Å². The van der Waals surface area contributed by atoms with E-state index in [4.69, 9.17) is 4.99 Å². The number of nitrogens with one attached hydrogen (secondary N) is 2. The summed E-state index contributed by atoms with van der Waals surface area (Å²) in [7, 11) is -3.49. The predicted octanol–water partition coefficient (Wildman–Crippen LogP) is 3.87. The third-order valence-electron chi connectivity index (χ3n) is 8.03. The van der Waals surface area contributed by atoms with Gasteiger partial charge in [-0.2, -0.15) is 0 Å². The molecule has 8 nitrogen and oxygen atoms in total. The van der Waals surface area contributed by atoms with Crippen LogP contribution in [0.4, 0.5) is 10.1 Å². The number of aliphatic imine (C=N–C) groups is 1. The van der Waals surface area contributed by atoms with Crippen LogP contribution in [0, 0.1) is 18.8 Å². The Labute approximate surface area is 218 Å². The minimum Gasteiger partial charge on any atom is -0.326 e. The van der Waals surface area contributed by atoms with Crippen LogP contribution in [0.5, 0.6) is 0 Å². The summed E-state index contributed by atoms with van der Waals surface area (Å²) in [5.74, 6) is 1.15. The van der Waals surface area contributed by atoms with Crippen LogP contribution in [-0.4, -0.2) is 54.8 Å². The lowest BCUT2D eigenvalue weighted by molar-refractivity contribution is -0.125. The zero-order valence-corrected chi connectivity index (χ0v) is 22.4. The fourth-order valence-corrected chi connectivity index (χ4v) is 7.22. The van der Waals surface area contributed by atoms with E-state index in [2.05, 4.69) is 10.6 Å². The summed E-state index contributed by atoms with van der Waals surface area (Å²) in [6, 6.07) is 5.48. The Balaban J connectivity index is 1.32. The van der Waals surface area contributed by atoms with Gasteiger partial charge in [0, 0.05) is 31.6 Å². The number of benzene rings is 1. The second-order valence-electron chi connectivity index (χ2n) is 10.6. The molecule has 2 amide bonds. The Kier molecular flexibility index (Phi) is 8.48. The molecule has 2 aliphatic heterocycles. The molecule has 0 atom stereocenters. The standard InChI is InChI=1S/C27H37FN4O4S/c1-19-18-24(29-20(2)33)10-9-22(19)11-17-37(35,36)32-15-12-27(13-16-32)26(34)30-25(31-27)23-7-5-21(6-8-23)4-3-14-28/h3,9-10,14,18,21,23H,4-8,11-13,15-17H2,1-2H3,(H,29,33)(H,30,31,34)/b14-3+/t21-,23+. The molecule has 2 heterocycles. The number of allylic oxidation sites excluding steroid dienone is 1. The van der Waals surface area contributed by atoms with Crippen LogP contribution >= 0.6 is 0 Å². The van der Waals surface area contributed by atoms with Gasteiger partial charge in [-0.25, -0.2) is 17.1 Å². The van der Waals surface area contributed by atoms with E-state index in [0.29, 0.717) is 37.2 Å². The van der Waals surface area contributed by atoms with Crippen LogP contribution in [0.1, 0.15) is 63.0 Å². The van der Waals surface area contributed by atoms with Crippen molar-refractivity contribution < 1.29 is 22.4 Å². The molecule has 0 radical (unpaired) electrons. The number of nitrogens with zero attached hydrogens (tertiary/aromatic N) is 2. The number of halogens is 1. The maximum atomic E-state index is 13.1.